The van der Waals surface area contributed by atoms with E-state index in [0.29, 0.717) is 24.3 Å². The van der Waals surface area contributed by atoms with Crippen molar-refractivity contribution in [3.63, 3.8) is 0 Å². The first-order valence-corrected chi connectivity index (χ1v) is 8.42. The minimum atomic E-state index is -0.597. The molecule has 0 fully saturated rings. The number of nitrogens with zero attached hydrogens (tertiary/aromatic N) is 1. The Labute approximate surface area is 148 Å². The first-order valence-electron chi connectivity index (χ1n) is 8.42. The van der Waals surface area contributed by atoms with E-state index in [1.165, 1.54) is 0 Å². The van der Waals surface area contributed by atoms with E-state index in [1.807, 2.05) is 32.9 Å². The summed E-state index contributed by atoms with van der Waals surface area (Å²) < 4.78 is 11.2. The van der Waals surface area contributed by atoms with Crippen LogP contribution in [0.25, 0.3) is 11.0 Å². The minimum Gasteiger partial charge on any atom is -0.491 e. The second-order valence-corrected chi connectivity index (χ2v) is 7.48. The minimum absolute atomic E-state index is 0.0255. The van der Waals surface area contributed by atoms with E-state index < -0.39 is 6.10 Å². The molecular weight excluding hydrogens is 320 g/mol. The summed E-state index contributed by atoms with van der Waals surface area (Å²) in [6.07, 6.45) is 1.31. The van der Waals surface area contributed by atoms with Crippen LogP contribution in [0, 0.1) is 0 Å². The predicted molar refractivity (Wildman–Crippen MR) is 97.9 cm³/mol. The summed E-state index contributed by atoms with van der Waals surface area (Å²) in [5.74, 6) is 0.652. The molecule has 25 heavy (non-hydrogen) atoms. The van der Waals surface area contributed by atoms with Crippen molar-refractivity contribution in [3.05, 3.63) is 30.0 Å². The molecule has 0 aliphatic carbocycles. The quantitative estimate of drug-likeness (QED) is 0.802. The number of hydrogen-bond donors (Lipinski definition) is 2. The Bertz CT molecular complexity index is 716. The van der Waals surface area contributed by atoms with Crippen molar-refractivity contribution in [2.75, 3.05) is 27.2 Å². The molecule has 0 bridgehead atoms. The van der Waals surface area contributed by atoms with Crippen LogP contribution in [0.4, 0.5) is 0 Å². The largest absolute Gasteiger partial charge is 0.491 e. The van der Waals surface area contributed by atoms with E-state index in [9.17, 15) is 9.90 Å². The van der Waals surface area contributed by atoms with E-state index in [2.05, 4.69) is 5.32 Å². The van der Waals surface area contributed by atoms with Gasteiger partial charge in [-0.3, -0.25) is 4.79 Å². The Hall–Kier alpha value is -2.05. The molecular formula is C19H28N2O4. The van der Waals surface area contributed by atoms with Crippen molar-refractivity contribution in [2.24, 2.45) is 0 Å². The highest BCUT2D eigenvalue weighted by Gasteiger charge is 2.14. The Balaban J connectivity index is 1.96. The summed E-state index contributed by atoms with van der Waals surface area (Å²) in [4.78, 5) is 13.4. The third kappa shape index (κ3) is 5.76. The first kappa shape index (κ1) is 19.3. The Morgan fingerprint density at radius 1 is 1.36 bits per heavy atom. The number of aliphatic hydroxyl groups excluding tert-OH is 1. The lowest BCUT2D eigenvalue weighted by atomic mass is 10.1. The highest BCUT2D eigenvalue weighted by molar-refractivity contribution is 5.88. The molecule has 0 aliphatic heterocycles. The average Bonchev–Trinajstić information content (AvgIpc) is 2.92. The topological polar surface area (TPSA) is 74.9 Å². The maximum atomic E-state index is 11.9. The number of carbonyl (C=O) groups excluding carboxylic acids is 1. The maximum absolute atomic E-state index is 11.9. The lowest BCUT2D eigenvalue weighted by Gasteiger charge is -2.22. The lowest BCUT2D eigenvalue weighted by Crippen LogP contribution is -2.42. The van der Waals surface area contributed by atoms with Gasteiger partial charge in [0.05, 0.1) is 12.7 Å². The summed E-state index contributed by atoms with van der Waals surface area (Å²) in [7, 11) is 3.47. The highest BCUT2D eigenvalue weighted by atomic mass is 16.5. The fourth-order valence-corrected chi connectivity index (χ4v) is 2.29. The van der Waals surface area contributed by atoms with Crippen LogP contribution in [-0.4, -0.2) is 54.8 Å². The second-order valence-electron chi connectivity index (χ2n) is 7.48. The van der Waals surface area contributed by atoms with Crippen molar-refractivity contribution in [3.8, 4) is 5.75 Å². The average molecular weight is 348 g/mol. The van der Waals surface area contributed by atoms with E-state index in [-0.39, 0.29) is 18.1 Å². The number of β-amino-alcohol motifs (C(OH)–C–C–N with tert-alkyl or cyclic N) is 1. The molecule has 0 spiro atoms. The second kappa shape index (κ2) is 7.89. The van der Waals surface area contributed by atoms with Gasteiger partial charge in [-0.2, -0.15) is 0 Å². The number of carbonyl (C=O) groups is 1. The van der Waals surface area contributed by atoms with Crippen LogP contribution in [0.3, 0.4) is 0 Å². The molecule has 0 aliphatic rings. The number of ether oxygens (including phenoxy) is 1. The summed E-state index contributed by atoms with van der Waals surface area (Å²) >= 11 is 0. The summed E-state index contributed by atoms with van der Waals surface area (Å²) in [6, 6.07) is 5.49. The van der Waals surface area contributed by atoms with Gasteiger partial charge in [-0.05, 0) is 32.9 Å². The fourth-order valence-electron chi connectivity index (χ4n) is 2.29. The van der Waals surface area contributed by atoms with Crippen LogP contribution < -0.4 is 10.1 Å². The van der Waals surface area contributed by atoms with Gasteiger partial charge in [0, 0.05) is 43.2 Å². The van der Waals surface area contributed by atoms with Crippen molar-refractivity contribution in [2.45, 2.75) is 38.8 Å². The van der Waals surface area contributed by atoms with Gasteiger partial charge >= 0.3 is 0 Å². The van der Waals surface area contributed by atoms with Crippen LogP contribution in [-0.2, 0) is 11.2 Å². The van der Waals surface area contributed by atoms with Crippen molar-refractivity contribution < 1.29 is 19.1 Å². The van der Waals surface area contributed by atoms with E-state index in [4.69, 9.17) is 9.15 Å². The number of rotatable bonds is 7. The highest BCUT2D eigenvalue weighted by Crippen LogP contribution is 2.26. The third-order valence-electron chi connectivity index (χ3n) is 3.78. The first-order chi connectivity index (χ1) is 11.7. The number of fused-ring (bicyclic) bond motifs is 1. The lowest BCUT2D eigenvalue weighted by molar-refractivity contribution is -0.127. The Morgan fingerprint density at radius 2 is 2.08 bits per heavy atom. The third-order valence-corrected chi connectivity index (χ3v) is 3.78. The molecule has 2 aromatic rings. The standard InChI is InChI=1S/C19H28N2O4/c1-19(2,3)20-10-14(22)12-24-15-6-7-16-13(8-18(23)21(4)5)11-25-17(16)9-15/h6-7,9,11,14,20,22H,8,10,12H2,1-5H3. The number of benzene rings is 1. The molecule has 1 aromatic carbocycles. The predicted octanol–water partition coefficient (Wildman–Crippen LogP) is 2.19. The molecule has 6 nitrogen and oxygen atoms in total. The molecule has 2 rings (SSSR count). The Morgan fingerprint density at radius 3 is 2.72 bits per heavy atom. The van der Waals surface area contributed by atoms with Gasteiger partial charge in [-0.15, -0.1) is 0 Å². The molecule has 1 atom stereocenters. The van der Waals surface area contributed by atoms with Crippen molar-refractivity contribution >= 4 is 16.9 Å². The number of hydrogen-bond acceptors (Lipinski definition) is 5. The SMILES string of the molecule is CN(C)C(=O)Cc1coc2cc(OCC(O)CNC(C)(C)C)ccc12. The molecule has 0 saturated heterocycles. The van der Waals surface area contributed by atoms with Crippen molar-refractivity contribution in [1.82, 2.24) is 10.2 Å². The van der Waals surface area contributed by atoms with Crippen LogP contribution in [0.1, 0.15) is 26.3 Å². The van der Waals surface area contributed by atoms with Gasteiger partial charge in [0.25, 0.3) is 0 Å². The van der Waals surface area contributed by atoms with Gasteiger partial charge in [0.1, 0.15) is 24.0 Å². The molecule has 0 radical (unpaired) electrons. The number of likely N-dealkylation sites (N-methyl/N-ethyl adjacent to an activating group) is 1. The number of aliphatic hydroxyl groups is 1. The molecule has 6 heteroatoms. The molecule has 1 unspecified atom stereocenters. The molecule has 1 amide bonds. The van der Waals surface area contributed by atoms with E-state index in [0.717, 1.165) is 10.9 Å². The monoisotopic (exact) mass is 348 g/mol. The van der Waals surface area contributed by atoms with Crippen LogP contribution in [0.2, 0.25) is 0 Å². The summed E-state index contributed by atoms with van der Waals surface area (Å²) in [6.45, 7) is 6.79. The summed E-state index contributed by atoms with van der Waals surface area (Å²) in [5, 5.41) is 14.1. The zero-order valence-electron chi connectivity index (χ0n) is 15.6. The number of nitrogens with one attached hydrogen (secondary N) is 1. The van der Waals surface area contributed by atoms with E-state index in [1.54, 1.807) is 31.3 Å². The molecule has 138 valence electrons. The van der Waals surface area contributed by atoms with Crippen LogP contribution in [0.5, 0.6) is 5.75 Å². The normalized spacial score (nSPS) is 13.0. The van der Waals surface area contributed by atoms with Crippen molar-refractivity contribution in [1.29, 1.82) is 0 Å². The van der Waals surface area contributed by atoms with Gasteiger partial charge in [0.15, 0.2) is 0 Å². The van der Waals surface area contributed by atoms with Crippen LogP contribution >= 0.6 is 0 Å². The van der Waals surface area contributed by atoms with Gasteiger partial charge in [-0.1, -0.05) is 0 Å². The maximum Gasteiger partial charge on any atom is 0.226 e. The van der Waals surface area contributed by atoms with Gasteiger partial charge < -0.3 is 24.5 Å². The number of amides is 1. The number of furan rings is 1. The Kier molecular flexibility index (Phi) is 6.08. The smallest absolute Gasteiger partial charge is 0.226 e. The zero-order chi connectivity index (χ0) is 18.6. The molecule has 1 heterocycles. The van der Waals surface area contributed by atoms with E-state index >= 15 is 0 Å². The molecule has 0 saturated carbocycles. The van der Waals surface area contributed by atoms with Gasteiger partial charge in [-0.25, -0.2) is 0 Å². The summed E-state index contributed by atoms with van der Waals surface area (Å²) in [5.41, 5.74) is 1.48. The molecule has 1 aromatic heterocycles. The fraction of sp³-hybridized carbons (Fsp3) is 0.526. The van der Waals surface area contributed by atoms with Crippen LogP contribution in [0.15, 0.2) is 28.9 Å². The zero-order valence-corrected chi connectivity index (χ0v) is 15.6. The van der Waals surface area contributed by atoms with Gasteiger partial charge in [0.2, 0.25) is 5.91 Å². The molecule has 2 N–H and O–H groups in total.